The Balaban J connectivity index is 1.84. The minimum absolute atomic E-state index is 0.0248. The Kier molecular flexibility index (Phi) is 5.14. The third-order valence-electron chi connectivity index (χ3n) is 9.06. The Morgan fingerprint density at radius 3 is 2.61 bits per heavy atom. The Hall–Kier alpha value is -1.47. The third-order valence-corrected chi connectivity index (χ3v) is 9.39. The molecule has 5 nitrogen and oxygen atoms in total. The van der Waals surface area contributed by atoms with Crippen LogP contribution in [-0.2, 0) is 19.1 Å². The number of fused-ring (bicyclic) bond motifs is 5. The van der Waals surface area contributed by atoms with E-state index in [0.29, 0.717) is 24.8 Å². The first-order valence-electron chi connectivity index (χ1n) is 11.1. The number of aliphatic hydroxyl groups is 1. The number of esters is 1. The molecule has 4 aliphatic carbocycles. The number of hydrogen-bond acceptors (Lipinski definition) is 5. The van der Waals surface area contributed by atoms with E-state index in [1.807, 2.05) is 13.8 Å². The van der Waals surface area contributed by atoms with Gasteiger partial charge in [0.15, 0.2) is 17.1 Å². The standard InChI is InChI=1S/C24H31FO5S/c1-5-19(28)30-24(20(29)31)13(2)10-17-16-7-6-14-11-15(26)8-9-21(14,3)23(16,25)18(27)12-22(17,24)4/h8-9,11,13,16-18,27H,5-7,10,12H2,1-4H3,(H,29,31)/t13-,16?,17?,18+,21+,22+,23+,24+/m1/s1. The quantitative estimate of drug-likeness (QED) is 0.506. The van der Waals surface area contributed by atoms with Crippen LogP contribution in [-0.4, -0.2) is 39.3 Å². The van der Waals surface area contributed by atoms with Gasteiger partial charge in [0.25, 0.3) is 0 Å². The number of carbonyl (C=O) groups excluding carboxylic acids is 3. The van der Waals surface area contributed by atoms with Crippen molar-refractivity contribution in [1.29, 1.82) is 0 Å². The maximum absolute atomic E-state index is 17.1. The van der Waals surface area contributed by atoms with Gasteiger partial charge in [-0.15, -0.1) is 12.6 Å². The molecule has 4 rings (SSSR count). The molecule has 0 aromatic heterocycles. The largest absolute Gasteiger partial charge is 0.449 e. The molecule has 2 unspecified atom stereocenters. The number of thiol groups is 1. The summed E-state index contributed by atoms with van der Waals surface area (Å²) in [5.41, 5.74) is -4.82. The Morgan fingerprint density at radius 1 is 1.32 bits per heavy atom. The second kappa shape index (κ2) is 7.01. The van der Waals surface area contributed by atoms with Crippen molar-refractivity contribution in [1.82, 2.24) is 0 Å². The highest BCUT2D eigenvalue weighted by atomic mass is 32.1. The van der Waals surface area contributed by atoms with E-state index in [0.717, 1.165) is 0 Å². The lowest BCUT2D eigenvalue weighted by Gasteiger charge is -2.62. The molecule has 4 aliphatic rings. The van der Waals surface area contributed by atoms with Crippen molar-refractivity contribution in [2.24, 2.45) is 28.6 Å². The van der Waals surface area contributed by atoms with E-state index in [-0.39, 0.29) is 30.5 Å². The van der Waals surface area contributed by atoms with Gasteiger partial charge < -0.3 is 9.84 Å². The lowest BCUT2D eigenvalue weighted by Crippen LogP contribution is -2.69. The van der Waals surface area contributed by atoms with Crippen molar-refractivity contribution in [3.63, 3.8) is 0 Å². The van der Waals surface area contributed by atoms with Crippen molar-refractivity contribution in [2.45, 2.75) is 77.2 Å². The van der Waals surface area contributed by atoms with Gasteiger partial charge in [-0.2, -0.15) is 0 Å². The van der Waals surface area contributed by atoms with Crippen LogP contribution in [0.3, 0.4) is 0 Å². The number of alkyl halides is 1. The molecule has 0 radical (unpaired) electrons. The average molecular weight is 451 g/mol. The highest BCUT2D eigenvalue weighted by Gasteiger charge is 2.77. The molecule has 0 heterocycles. The maximum Gasteiger partial charge on any atom is 0.306 e. The van der Waals surface area contributed by atoms with Crippen LogP contribution in [0.1, 0.15) is 59.8 Å². The summed E-state index contributed by atoms with van der Waals surface area (Å²) in [6, 6.07) is 0. The van der Waals surface area contributed by atoms with Gasteiger partial charge >= 0.3 is 5.97 Å². The summed E-state index contributed by atoms with van der Waals surface area (Å²) in [6.45, 7) is 7.11. The molecule has 0 aromatic rings. The van der Waals surface area contributed by atoms with Crippen LogP contribution in [0.25, 0.3) is 0 Å². The average Bonchev–Trinajstić information content (AvgIpc) is 2.91. The molecule has 0 aliphatic heterocycles. The summed E-state index contributed by atoms with van der Waals surface area (Å²) in [5, 5.41) is 10.8. The summed E-state index contributed by atoms with van der Waals surface area (Å²) in [6.07, 6.45) is 4.70. The predicted octanol–water partition coefficient (Wildman–Crippen LogP) is 3.75. The first-order chi connectivity index (χ1) is 14.4. The topological polar surface area (TPSA) is 80.7 Å². The molecule has 0 spiro atoms. The molecular weight excluding hydrogens is 419 g/mol. The van der Waals surface area contributed by atoms with Crippen molar-refractivity contribution in [2.75, 3.05) is 0 Å². The molecule has 3 saturated carbocycles. The number of allylic oxidation sites excluding steroid dienone is 4. The van der Waals surface area contributed by atoms with E-state index >= 15 is 4.39 Å². The monoisotopic (exact) mass is 450 g/mol. The number of hydrogen-bond donors (Lipinski definition) is 2. The Bertz CT molecular complexity index is 914. The van der Waals surface area contributed by atoms with E-state index < -0.39 is 45.2 Å². The number of rotatable bonds is 3. The minimum atomic E-state index is -1.98. The lowest BCUT2D eigenvalue weighted by atomic mass is 9.45. The number of ketones is 1. The zero-order chi connectivity index (χ0) is 23.0. The van der Waals surface area contributed by atoms with Crippen molar-refractivity contribution in [3.05, 3.63) is 23.8 Å². The SMILES string of the molecule is CCC(=O)O[C@]1(C(=O)S)[C@H](C)CC2C3CCC4=CC(=O)C=C[C@]4(C)[C@@]3(F)[C@@H](O)C[C@@]21C. The zero-order valence-electron chi connectivity index (χ0n) is 18.5. The van der Waals surface area contributed by atoms with Gasteiger partial charge in [0.1, 0.15) is 0 Å². The van der Waals surface area contributed by atoms with Crippen LogP contribution in [0.15, 0.2) is 23.8 Å². The van der Waals surface area contributed by atoms with Crippen LogP contribution >= 0.6 is 12.6 Å². The van der Waals surface area contributed by atoms with Crippen molar-refractivity contribution < 1.29 is 28.6 Å². The molecule has 0 aromatic carbocycles. The van der Waals surface area contributed by atoms with E-state index in [2.05, 4.69) is 12.6 Å². The van der Waals surface area contributed by atoms with Gasteiger partial charge in [0.2, 0.25) is 5.12 Å². The number of ether oxygens (including phenoxy) is 1. The molecule has 3 fully saturated rings. The Morgan fingerprint density at radius 2 is 2.00 bits per heavy atom. The second-order valence-electron chi connectivity index (χ2n) is 10.3. The van der Waals surface area contributed by atoms with E-state index in [4.69, 9.17) is 4.74 Å². The third kappa shape index (κ3) is 2.62. The summed E-state index contributed by atoms with van der Waals surface area (Å²) < 4.78 is 22.9. The first-order valence-corrected chi connectivity index (χ1v) is 11.6. The highest BCUT2D eigenvalue weighted by Crippen LogP contribution is 2.71. The van der Waals surface area contributed by atoms with Gasteiger partial charge in [-0.05, 0) is 50.7 Å². The van der Waals surface area contributed by atoms with Crippen LogP contribution in [0, 0.1) is 28.6 Å². The Labute approximate surface area is 187 Å². The minimum Gasteiger partial charge on any atom is -0.449 e. The van der Waals surface area contributed by atoms with Crippen LogP contribution in [0.2, 0.25) is 0 Å². The summed E-state index contributed by atoms with van der Waals surface area (Å²) in [4.78, 5) is 37.2. The van der Waals surface area contributed by atoms with Gasteiger partial charge in [-0.1, -0.05) is 32.4 Å². The van der Waals surface area contributed by atoms with Crippen LogP contribution < -0.4 is 0 Å². The summed E-state index contributed by atoms with van der Waals surface area (Å²) in [7, 11) is 0. The van der Waals surface area contributed by atoms with Crippen LogP contribution in [0.5, 0.6) is 0 Å². The van der Waals surface area contributed by atoms with E-state index in [1.54, 1.807) is 19.9 Å². The molecule has 0 bridgehead atoms. The highest BCUT2D eigenvalue weighted by molar-refractivity contribution is 7.96. The summed E-state index contributed by atoms with van der Waals surface area (Å²) in [5.74, 6) is -1.84. The molecule has 7 heteroatoms. The van der Waals surface area contributed by atoms with Gasteiger partial charge in [0.05, 0.1) is 6.10 Å². The molecule has 0 saturated heterocycles. The van der Waals surface area contributed by atoms with E-state index in [9.17, 15) is 19.5 Å². The first kappa shape index (κ1) is 22.7. The zero-order valence-corrected chi connectivity index (χ0v) is 19.4. The van der Waals surface area contributed by atoms with E-state index in [1.165, 1.54) is 12.2 Å². The summed E-state index contributed by atoms with van der Waals surface area (Å²) >= 11 is 4.14. The molecule has 1 N–H and O–H groups in total. The smallest absolute Gasteiger partial charge is 0.306 e. The number of carbonyl (C=O) groups is 3. The fourth-order valence-corrected chi connectivity index (χ4v) is 8.02. The number of aliphatic hydroxyl groups excluding tert-OH is 1. The lowest BCUT2D eigenvalue weighted by molar-refractivity contribution is -0.225. The maximum atomic E-state index is 17.1. The van der Waals surface area contributed by atoms with Crippen LogP contribution in [0.4, 0.5) is 4.39 Å². The molecular formula is C24H31FO5S. The van der Waals surface area contributed by atoms with Crippen molar-refractivity contribution in [3.8, 4) is 0 Å². The fourth-order valence-electron chi connectivity index (χ4n) is 7.50. The normalized spacial score (nSPS) is 48.4. The van der Waals surface area contributed by atoms with Gasteiger partial charge in [-0.3, -0.25) is 14.4 Å². The van der Waals surface area contributed by atoms with Gasteiger partial charge in [-0.25, -0.2) is 4.39 Å². The predicted molar refractivity (Wildman–Crippen MR) is 116 cm³/mol. The second-order valence-corrected chi connectivity index (χ2v) is 10.7. The molecule has 8 atom stereocenters. The number of halogens is 1. The van der Waals surface area contributed by atoms with Gasteiger partial charge in [0, 0.05) is 29.1 Å². The fraction of sp³-hybridized carbons (Fsp3) is 0.708. The molecule has 0 amide bonds. The van der Waals surface area contributed by atoms with Crippen molar-refractivity contribution >= 4 is 29.5 Å². The molecule has 170 valence electrons. The molecule has 31 heavy (non-hydrogen) atoms.